The van der Waals surface area contributed by atoms with E-state index in [2.05, 4.69) is 15.4 Å². The number of aromatic nitrogens is 3. The third-order valence-corrected chi connectivity index (χ3v) is 4.93. The number of esters is 1. The molecule has 3 aromatic heterocycles. The molecular weight excluding hydrogens is 404 g/mol. The Hall–Kier alpha value is -3.72. The fraction of sp³-hybridized carbons (Fsp3) is 0.143. The van der Waals surface area contributed by atoms with Crippen LogP contribution in [0.5, 0.6) is 0 Å². The van der Waals surface area contributed by atoms with Crippen LogP contribution in [0.25, 0.3) is 17.1 Å². The lowest BCUT2D eigenvalue weighted by molar-refractivity contribution is -0.142. The number of carbonyl (C=O) groups excluding carboxylic acids is 2. The van der Waals surface area contributed by atoms with Crippen molar-refractivity contribution in [3.05, 3.63) is 71.6 Å². The van der Waals surface area contributed by atoms with E-state index in [-0.39, 0.29) is 18.3 Å². The van der Waals surface area contributed by atoms with E-state index in [4.69, 9.17) is 9.15 Å². The molecule has 3 heterocycles. The minimum Gasteiger partial charge on any atom is -0.466 e. The first kappa shape index (κ1) is 19.6. The van der Waals surface area contributed by atoms with E-state index in [1.165, 1.54) is 11.3 Å². The van der Waals surface area contributed by atoms with Gasteiger partial charge in [0.15, 0.2) is 10.9 Å². The molecule has 0 bridgehead atoms. The van der Waals surface area contributed by atoms with Crippen LogP contribution in [0.1, 0.15) is 23.1 Å². The maximum atomic E-state index is 13.0. The van der Waals surface area contributed by atoms with Gasteiger partial charge in [-0.2, -0.15) is 5.10 Å². The number of para-hydroxylation sites is 1. The predicted octanol–water partition coefficient (Wildman–Crippen LogP) is 3.95. The van der Waals surface area contributed by atoms with Crippen molar-refractivity contribution in [3.63, 3.8) is 0 Å². The maximum absolute atomic E-state index is 13.0. The standard InChI is InChI=1S/C21H18N4O4S/c1-2-28-19(26)11-14-13-30-21(22-14)23-20(27)17-12-16(18-9-6-10-29-18)24-25(17)15-7-4-3-5-8-15/h3-10,12-13H,2,11H2,1H3,(H,22,23,27). The summed E-state index contributed by atoms with van der Waals surface area (Å²) in [5.41, 5.74) is 2.15. The quantitative estimate of drug-likeness (QED) is 0.453. The number of ether oxygens (including phenoxy) is 1. The number of anilines is 1. The van der Waals surface area contributed by atoms with E-state index >= 15 is 0 Å². The van der Waals surface area contributed by atoms with E-state index in [1.807, 2.05) is 30.3 Å². The summed E-state index contributed by atoms with van der Waals surface area (Å²) in [5.74, 6) is -0.170. The van der Waals surface area contributed by atoms with Crippen LogP contribution >= 0.6 is 11.3 Å². The predicted molar refractivity (Wildman–Crippen MR) is 112 cm³/mol. The first-order valence-corrected chi connectivity index (χ1v) is 10.1. The van der Waals surface area contributed by atoms with Gasteiger partial charge in [0, 0.05) is 11.4 Å². The van der Waals surface area contributed by atoms with Gasteiger partial charge in [-0.3, -0.25) is 14.9 Å². The van der Waals surface area contributed by atoms with Gasteiger partial charge < -0.3 is 9.15 Å². The Kier molecular flexibility index (Phi) is 5.71. The number of benzene rings is 1. The molecule has 1 N–H and O–H groups in total. The van der Waals surface area contributed by atoms with Gasteiger partial charge in [0.05, 0.1) is 30.7 Å². The highest BCUT2D eigenvalue weighted by Crippen LogP contribution is 2.24. The summed E-state index contributed by atoms with van der Waals surface area (Å²) in [6.07, 6.45) is 1.61. The van der Waals surface area contributed by atoms with Gasteiger partial charge in [0.1, 0.15) is 11.4 Å². The molecule has 1 amide bonds. The average Bonchev–Trinajstić information content (AvgIpc) is 3.49. The molecule has 0 spiro atoms. The maximum Gasteiger partial charge on any atom is 0.311 e. The number of hydrogen-bond acceptors (Lipinski definition) is 7. The highest BCUT2D eigenvalue weighted by atomic mass is 32.1. The first-order chi connectivity index (χ1) is 14.6. The number of carbonyl (C=O) groups is 2. The normalized spacial score (nSPS) is 10.7. The molecule has 0 aliphatic carbocycles. The molecule has 4 aromatic rings. The number of rotatable bonds is 7. The number of nitrogens with zero attached hydrogens (tertiary/aromatic N) is 3. The molecule has 0 saturated heterocycles. The Morgan fingerprint density at radius 3 is 2.77 bits per heavy atom. The summed E-state index contributed by atoms with van der Waals surface area (Å²) in [7, 11) is 0. The monoisotopic (exact) mass is 422 g/mol. The summed E-state index contributed by atoms with van der Waals surface area (Å²) in [5, 5.41) is 9.42. The Morgan fingerprint density at radius 1 is 1.20 bits per heavy atom. The summed E-state index contributed by atoms with van der Waals surface area (Å²) < 4.78 is 11.9. The molecule has 4 rings (SSSR count). The molecule has 0 radical (unpaired) electrons. The minimum atomic E-state index is -0.374. The van der Waals surface area contributed by atoms with E-state index < -0.39 is 0 Å². The number of nitrogens with one attached hydrogen (secondary N) is 1. The highest BCUT2D eigenvalue weighted by molar-refractivity contribution is 7.14. The van der Waals surface area contributed by atoms with E-state index in [1.54, 1.807) is 41.4 Å². The van der Waals surface area contributed by atoms with Crippen LogP contribution in [0.2, 0.25) is 0 Å². The second kappa shape index (κ2) is 8.75. The van der Waals surface area contributed by atoms with E-state index in [0.29, 0.717) is 34.6 Å². The fourth-order valence-corrected chi connectivity index (χ4v) is 3.53. The van der Waals surface area contributed by atoms with Crippen molar-refractivity contribution in [2.75, 3.05) is 11.9 Å². The zero-order valence-corrected chi connectivity index (χ0v) is 16.9. The zero-order valence-electron chi connectivity index (χ0n) is 16.1. The Balaban J connectivity index is 1.59. The molecule has 0 atom stereocenters. The zero-order chi connectivity index (χ0) is 20.9. The molecule has 152 valence electrons. The van der Waals surface area contributed by atoms with Crippen LogP contribution in [0.15, 0.2) is 64.6 Å². The molecule has 30 heavy (non-hydrogen) atoms. The Bertz CT molecular complexity index is 1150. The topological polar surface area (TPSA) is 99.2 Å². The number of hydrogen-bond donors (Lipinski definition) is 1. The molecule has 1 aromatic carbocycles. The number of amides is 1. The highest BCUT2D eigenvalue weighted by Gasteiger charge is 2.20. The fourth-order valence-electron chi connectivity index (χ4n) is 2.82. The molecular formula is C21H18N4O4S. The summed E-state index contributed by atoms with van der Waals surface area (Å²) in [6.45, 7) is 2.06. The van der Waals surface area contributed by atoms with Gasteiger partial charge in [-0.05, 0) is 31.2 Å². The second-order valence-electron chi connectivity index (χ2n) is 6.22. The molecule has 0 fully saturated rings. The van der Waals surface area contributed by atoms with Crippen LogP contribution in [0.3, 0.4) is 0 Å². The summed E-state index contributed by atoms with van der Waals surface area (Å²) in [6, 6.07) is 14.5. The van der Waals surface area contributed by atoms with Gasteiger partial charge in [0.25, 0.3) is 5.91 Å². The Labute approximate surface area is 176 Å². The van der Waals surface area contributed by atoms with Crippen molar-refractivity contribution < 1.29 is 18.7 Å². The van der Waals surface area contributed by atoms with E-state index in [9.17, 15) is 9.59 Å². The molecule has 0 aliphatic rings. The van der Waals surface area contributed by atoms with Crippen molar-refractivity contribution in [1.82, 2.24) is 14.8 Å². The second-order valence-corrected chi connectivity index (χ2v) is 7.08. The third kappa shape index (κ3) is 4.31. The SMILES string of the molecule is CCOC(=O)Cc1csc(NC(=O)c2cc(-c3ccco3)nn2-c2ccccc2)n1. The van der Waals surface area contributed by atoms with Crippen molar-refractivity contribution in [2.24, 2.45) is 0 Å². The van der Waals surface area contributed by atoms with Gasteiger partial charge in [-0.1, -0.05) is 18.2 Å². The molecule has 9 heteroatoms. The van der Waals surface area contributed by atoms with Crippen molar-refractivity contribution in [1.29, 1.82) is 0 Å². The Morgan fingerprint density at radius 2 is 2.03 bits per heavy atom. The number of thiazole rings is 1. The third-order valence-electron chi connectivity index (χ3n) is 4.12. The molecule has 8 nitrogen and oxygen atoms in total. The van der Waals surface area contributed by atoms with Gasteiger partial charge in [-0.15, -0.1) is 11.3 Å². The lowest BCUT2D eigenvalue weighted by atomic mass is 10.2. The molecule has 0 saturated carbocycles. The summed E-state index contributed by atoms with van der Waals surface area (Å²) >= 11 is 1.24. The summed E-state index contributed by atoms with van der Waals surface area (Å²) in [4.78, 5) is 28.9. The van der Waals surface area contributed by atoms with Crippen LogP contribution in [0, 0.1) is 0 Å². The van der Waals surface area contributed by atoms with Crippen LogP contribution < -0.4 is 5.32 Å². The van der Waals surface area contributed by atoms with Crippen molar-refractivity contribution in [3.8, 4) is 17.1 Å². The molecule has 0 unspecified atom stereocenters. The number of furan rings is 1. The van der Waals surface area contributed by atoms with Crippen LogP contribution in [-0.4, -0.2) is 33.2 Å². The van der Waals surface area contributed by atoms with Crippen molar-refractivity contribution >= 4 is 28.3 Å². The lowest BCUT2D eigenvalue weighted by Gasteiger charge is -2.06. The smallest absolute Gasteiger partial charge is 0.311 e. The van der Waals surface area contributed by atoms with E-state index in [0.717, 1.165) is 5.69 Å². The molecule has 0 aliphatic heterocycles. The van der Waals surface area contributed by atoms with Gasteiger partial charge >= 0.3 is 5.97 Å². The van der Waals surface area contributed by atoms with Crippen molar-refractivity contribution in [2.45, 2.75) is 13.3 Å². The van der Waals surface area contributed by atoms with Crippen LogP contribution in [-0.2, 0) is 16.0 Å². The van der Waals surface area contributed by atoms with Gasteiger partial charge in [-0.25, -0.2) is 9.67 Å². The van der Waals surface area contributed by atoms with Crippen LogP contribution in [0.4, 0.5) is 5.13 Å². The largest absolute Gasteiger partial charge is 0.466 e. The first-order valence-electron chi connectivity index (χ1n) is 9.24. The average molecular weight is 422 g/mol. The minimum absolute atomic E-state index is 0.0603. The lowest BCUT2D eigenvalue weighted by Crippen LogP contribution is -2.17. The van der Waals surface area contributed by atoms with Gasteiger partial charge in [0.2, 0.25) is 0 Å².